The molecule has 0 aliphatic heterocycles. The van der Waals surface area contributed by atoms with Gasteiger partial charge in [0.15, 0.2) is 0 Å². The van der Waals surface area contributed by atoms with E-state index in [1.165, 1.54) is 59.6 Å². The number of aliphatic carboxylic acids is 1. The van der Waals surface area contributed by atoms with E-state index >= 15 is 0 Å². The maximum atomic E-state index is 11.1. The lowest BCUT2D eigenvalue weighted by Crippen LogP contribution is -2.25. The van der Waals surface area contributed by atoms with Crippen molar-refractivity contribution in [3.63, 3.8) is 0 Å². The first-order valence-electron chi connectivity index (χ1n) is 12.3. The third-order valence-electron chi connectivity index (χ3n) is 6.08. The summed E-state index contributed by atoms with van der Waals surface area (Å²) in [7, 11) is 0. The number of carboxylic acids is 1. The molecule has 4 aromatic rings. The quantitative estimate of drug-likeness (QED) is 0.160. The predicted octanol–water partition coefficient (Wildman–Crippen LogP) is 9.04. The molecule has 184 valence electrons. The molecule has 0 spiro atoms. The van der Waals surface area contributed by atoms with E-state index in [1.54, 1.807) is 11.3 Å². The molecule has 0 aliphatic rings. The lowest BCUT2D eigenvalue weighted by molar-refractivity contribution is -0.132. The summed E-state index contributed by atoms with van der Waals surface area (Å²) in [5.41, 5.74) is 2.21. The average Bonchev–Trinajstić information content (AvgIpc) is 3.44. The SMILES string of the molecule is [C-]#[N+]C(=Cc1cc2sc(C=Cc3ccc4cc(N(CCCC)CCCC)ccc4c3)cc2s1)C(=O)O. The second kappa shape index (κ2) is 12.0. The van der Waals surface area contributed by atoms with Crippen LogP contribution in [-0.4, -0.2) is 24.2 Å². The molecule has 6 heteroatoms. The maximum absolute atomic E-state index is 11.1. The molecule has 0 fully saturated rings. The second-order valence-corrected chi connectivity index (χ2v) is 11.0. The van der Waals surface area contributed by atoms with Gasteiger partial charge in [-0.15, -0.1) is 22.7 Å². The largest absolute Gasteiger partial charge is 0.486 e. The summed E-state index contributed by atoms with van der Waals surface area (Å²) in [6.45, 7) is 13.7. The summed E-state index contributed by atoms with van der Waals surface area (Å²) >= 11 is 3.17. The highest BCUT2D eigenvalue weighted by atomic mass is 32.1. The second-order valence-electron chi connectivity index (χ2n) is 8.79. The van der Waals surface area contributed by atoms with E-state index in [-0.39, 0.29) is 5.70 Å². The Kier molecular flexibility index (Phi) is 8.58. The van der Waals surface area contributed by atoms with Gasteiger partial charge in [0, 0.05) is 37.9 Å². The summed E-state index contributed by atoms with van der Waals surface area (Å²) in [5.74, 6) is -1.19. The van der Waals surface area contributed by atoms with Gasteiger partial charge in [0.1, 0.15) is 0 Å². The number of unbranched alkanes of at least 4 members (excludes halogenated alkanes) is 2. The standard InChI is InChI=1S/C30H30N2O2S2/c1-4-6-14-32(15-7-5-2)24-12-11-22-16-21(8-10-23(22)17-24)9-13-25-19-28-29(35-25)20-26(36-28)18-27(31-3)30(33)34/h8-13,16-20H,4-7,14-15H2,1-2H3,(H,33,34). The molecule has 1 N–H and O–H groups in total. The minimum absolute atomic E-state index is 0.262. The third kappa shape index (κ3) is 6.23. The van der Waals surface area contributed by atoms with Crippen LogP contribution in [0.15, 0.2) is 54.2 Å². The first-order chi connectivity index (χ1) is 17.5. The molecule has 0 amide bonds. The van der Waals surface area contributed by atoms with Crippen LogP contribution in [0.25, 0.3) is 43.2 Å². The van der Waals surface area contributed by atoms with Crippen LogP contribution in [-0.2, 0) is 4.79 Å². The monoisotopic (exact) mass is 514 g/mol. The fourth-order valence-corrected chi connectivity index (χ4v) is 6.36. The van der Waals surface area contributed by atoms with Gasteiger partial charge in [-0.25, -0.2) is 4.85 Å². The number of anilines is 1. The van der Waals surface area contributed by atoms with Crippen molar-refractivity contribution in [3.8, 4) is 0 Å². The van der Waals surface area contributed by atoms with Crippen molar-refractivity contribution < 1.29 is 9.90 Å². The summed E-state index contributed by atoms with van der Waals surface area (Å²) in [4.78, 5) is 18.6. The molecule has 0 bridgehead atoms. The van der Waals surface area contributed by atoms with Crippen LogP contribution in [0.5, 0.6) is 0 Å². The Morgan fingerprint density at radius 2 is 1.56 bits per heavy atom. The average molecular weight is 515 g/mol. The highest BCUT2D eigenvalue weighted by Crippen LogP contribution is 2.35. The van der Waals surface area contributed by atoms with Crippen molar-refractivity contribution in [2.45, 2.75) is 39.5 Å². The Labute approximate surface area is 220 Å². The predicted molar refractivity (Wildman–Crippen MR) is 157 cm³/mol. The molecular formula is C30H30N2O2S2. The Bertz CT molecular complexity index is 1430. The molecular weight excluding hydrogens is 484 g/mol. The molecule has 2 aromatic heterocycles. The third-order valence-corrected chi connectivity index (χ3v) is 8.29. The summed E-state index contributed by atoms with van der Waals surface area (Å²) < 4.78 is 2.20. The molecule has 36 heavy (non-hydrogen) atoms. The normalized spacial score (nSPS) is 12.0. The topological polar surface area (TPSA) is 44.9 Å². The van der Waals surface area contributed by atoms with E-state index in [0.29, 0.717) is 0 Å². The maximum Gasteiger partial charge on any atom is 0.333 e. The van der Waals surface area contributed by atoms with E-state index in [2.05, 4.69) is 78.2 Å². The lowest BCUT2D eigenvalue weighted by Gasteiger charge is -2.25. The van der Waals surface area contributed by atoms with Gasteiger partial charge < -0.3 is 10.0 Å². The molecule has 0 atom stereocenters. The van der Waals surface area contributed by atoms with Gasteiger partial charge in [-0.2, -0.15) is 0 Å². The highest BCUT2D eigenvalue weighted by molar-refractivity contribution is 7.28. The van der Waals surface area contributed by atoms with Gasteiger partial charge in [-0.05, 0) is 71.7 Å². The molecule has 0 unspecified atom stereocenters. The molecule has 0 radical (unpaired) electrons. The van der Waals surface area contributed by atoms with Crippen LogP contribution in [0.4, 0.5) is 5.69 Å². The zero-order valence-corrected chi connectivity index (χ0v) is 22.3. The van der Waals surface area contributed by atoms with Crippen molar-refractivity contribution in [1.82, 2.24) is 0 Å². The zero-order valence-electron chi connectivity index (χ0n) is 20.7. The van der Waals surface area contributed by atoms with E-state index in [1.807, 2.05) is 6.07 Å². The van der Waals surface area contributed by atoms with Crippen molar-refractivity contribution in [1.29, 1.82) is 0 Å². The first kappa shape index (κ1) is 25.7. The highest BCUT2D eigenvalue weighted by Gasteiger charge is 2.10. The Balaban J connectivity index is 1.50. The molecule has 0 aliphatic carbocycles. The van der Waals surface area contributed by atoms with Crippen LogP contribution in [0.3, 0.4) is 0 Å². The van der Waals surface area contributed by atoms with Crippen LogP contribution in [0.2, 0.25) is 0 Å². The van der Waals surface area contributed by atoms with Gasteiger partial charge in [-0.1, -0.05) is 51.0 Å². The molecule has 4 rings (SSSR count). The fourth-order valence-electron chi connectivity index (χ4n) is 4.10. The minimum Gasteiger partial charge on any atom is -0.486 e. The molecule has 0 saturated carbocycles. The van der Waals surface area contributed by atoms with E-state index in [9.17, 15) is 4.79 Å². The molecule has 2 heterocycles. The zero-order chi connectivity index (χ0) is 25.5. The summed E-state index contributed by atoms with van der Waals surface area (Å²) in [5, 5.41) is 11.6. The van der Waals surface area contributed by atoms with Crippen LogP contribution >= 0.6 is 22.7 Å². The number of carboxylic acid groups (broad SMARTS) is 1. The number of nitrogens with zero attached hydrogens (tertiary/aromatic N) is 2. The summed E-state index contributed by atoms with van der Waals surface area (Å²) in [6.07, 6.45) is 10.6. The molecule has 2 aromatic carbocycles. The Hall–Kier alpha value is -3.40. The van der Waals surface area contributed by atoms with E-state index in [0.717, 1.165) is 37.8 Å². The van der Waals surface area contributed by atoms with Crippen LogP contribution in [0.1, 0.15) is 54.8 Å². The van der Waals surface area contributed by atoms with Gasteiger partial charge in [0.25, 0.3) is 5.70 Å². The number of carbonyl (C=O) groups is 1. The number of thiophene rings is 2. The smallest absolute Gasteiger partial charge is 0.333 e. The van der Waals surface area contributed by atoms with Crippen molar-refractivity contribution in [3.05, 3.63) is 81.0 Å². The van der Waals surface area contributed by atoms with Gasteiger partial charge in [0.2, 0.25) is 0 Å². The van der Waals surface area contributed by atoms with Crippen molar-refractivity contribution in [2.24, 2.45) is 0 Å². The number of hydrogen-bond donors (Lipinski definition) is 1. The van der Waals surface area contributed by atoms with Gasteiger partial charge in [0.05, 0.1) is 6.57 Å². The van der Waals surface area contributed by atoms with Crippen molar-refractivity contribution >= 4 is 72.7 Å². The number of benzene rings is 2. The Morgan fingerprint density at radius 3 is 2.22 bits per heavy atom. The van der Waals surface area contributed by atoms with E-state index < -0.39 is 5.97 Å². The number of hydrogen-bond acceptors (Lipinski definition) is 4. The Morgan fingerprint density at radius 1 is 0.917 bits per heavy atom. The number of fused-ring (bicyclic) bond motifs is 2. The fraction of sp³-hybridized carbons (Fsp3) is 0.267. The van der Waals surface area contributed by atoms with Gasteiger partial charge >= 0.3 is 5.97 Å². The summed E-state index contributed by atoms with van der Waals surface area (Å²) in [6, 6.07) is 17.5. The van der Waals surface area contributed by atoms with E-state index in [4.69, 9.17) is 11.7 Å². The van der Waals surface area contributed by atoms with Gasteiger partial charge in [-0.3, -0.25) is 4.79 Å². The number of rotatable bonds is 11. The minimum atomic E-state index is -1.19. The molecule has 4 nitrogen and oxygen atoms in total. The first-order valence-corrected chi connectivity index (χ1v) is 14.0. The van der Waals surface area contributed by atoms with Crippen LogP contribution in [0, 0.1) is 6.57 Å². The lowest BCUT2D eigenvalue weighted by atomic mass is 10.0. The molecule has 0 saturated heterocycles. The van der Waals surface area contributed by atoms with Crippen LogP contribution < -0.4 is 4.90 Å². The van der Waals surface area contributed by atoms with Crippen molar-refractivity contribution in [2.75, 3.05) is 18.0 Å².